The van der Waals surface area contributed by atoms with Crippen LogP contribution in [0.15, 0.2) is 36.4 Å². The molecule has 2 heteroatoms. The fourth-order valence-electron chi connectivity index (χ4n) is 1.83. The van der Waals surface area contributed by atoms with E-state index >= 15 is 0 Å². The van der Waals surface area contributed by atoms with Crippen molar-refractivity contribution in [1.82, 2.24) is 0 Å². The predicted octanol–water partition coefficient (Wildman–Crippen LogP) is 3.86. The second-order valence-corrected chi connectivity index (χ2v) is 4.93. The molecule has 0 aliphatic heterocycles. The van der Waals surface area contributed by atoms with Gasteiger partial charge < -0.3 is 5.32 Å². The lowest BCUT2D eigenvalue weighted by molar-refractivity contribution is 0.729. The highest BCUT2D eigenvalue weighted by Gasteiger charge is 2.15. The van der Waals surface area contributed by atoms with Crippen LogP contribution >= 0.6 is 0 Å². The zero-order valence-electron chi connectivity index (χ0n) is 10.4. The van der Waals surface area contributed by atoms with Gasteiger partial charge >= 0.3 is 0 Å². The number of nitrogens with one attached hydrogen (secondary N) is 1. The molecule has 0 spiro atoms. The van der Waals surface area contributed by atoms with Gasteiger partial charge in [0.2, 0.25) is 0 Å². The van der Waals surface area contributed by atoms with Crippen LogP contribution in [0.2, 0.25) is 0 Å². The third-order valence-electron chi connectivity index (χ3n) is 2.73. The van der Waals surface area contributed by atoms with Gasteiger partial charge in [-0.15, -0.1) is 0 Å². The summed E-state index contributed by atoms with van der Waals surface area (Å²) in [5.74, 6) is 0. The number of anilines is 1. The molecule has 2 rings (SSSR count). The summed E-state index contributed by atoms with van der Waals surface area (Å²) in [5.41, 5.74) is 1.70. The molecule has 0 atom stereocenters. The van der Waals surface area contributed by atoms with E-state index in [1.165, 1.54) is 16.3 Å². The van der Waals surface area contributed by atoms with Crippen molar-refractivity contribution in [2.24, 2.45) is 0 Å². The number of hydrogen-bond acceptors (Lipinski definition) is 2. The van der Waals surface area contributed by atoms with E-state index in [0.29, 0.717) is 0 Å². The van der Waals surface area contributed by atoms with Gasteiger partial charge in [-0.25, -0.2) is 0 Å². The molecule has 0 aliphatic carbocycles. The first-order valence-electron chi connectivity index (χ1n) is 5.70. The summed E-state index contributed by atoms with van der Waals surface area (Å²) in [5, 5.41) is 14.6. The first kappa shape index (κ1) is 11.5. The van der Waals surface area contributed by atoms with Gasteiger partial charge in [0.05, 0.1) is 6.07 Å². The maximum absolute atomic E-state index is 8.99. The van der Waals surface area contributed by atoms with Crippen molar-refractivity contribution in [3.8, 4) is 6.07 Å². The van der Waals surface area contributed by atoms with Crippen molar-refractivity contribution in [3.05, 3.63) is 42.0 Å². The highest BCUT2D eigenvalue weighted by molar-refractivity contribution is 5.86. The van der Waals surface area contributed by atoms with E-state index < -0.39 is 5.54 Å². The molecule has 0 aliphatic rings. The molecule has 0 radical (unpaired) electrons. The first-order chi connectivity index (χ1) is 8.00. The summed E-state index contributed by atoms with van der Waals surface area (Å²) in [7, 11) is 0. The van der Waals surface area contributed by atoms with Crippen molar-refractivity contribution in [3.63, 3.8) is 0 Å². The Morgan fingerprint density at radius 1 is 1.06 bits per heavy atom. The molecule has 2 aromatic rings. The van der Waals surface area contributed by atoms with Crippen LogP contribution in [0.25, 0.3) is 10.8 Å². The number of nitriles is 1. The first-order valence-corrected chi connectivity index (χ1v) is 5.70. The Balaban J connectivity index is 2.39. The summed E-state index contributed by atoms with van der Waals surface area (Å²) in [6.45, 7) is 5.82. The minimum absolute atomic E-state index is 0.543. The Bertz CT molecular complexity index is 591. The van der Waals surface area contributed by atoms with E-state index in [9.17, 15) is 0 Å². The van der Waals surface area contributed by atoms with Gasteiger partial charge in [-0.2, -0.15) is 5.26 Å². The number of benzene rings is 2. The van der Waals surface area contributed by atoms with Crippen LogP contribution in [0.1, 0.15) is 19.4 Å². The quantitative estimate of drug-likeness (QED) is 0.840. The van der Waals surface area contributed by atoms with Gasteiger partial charge in [-0.1, -0.05) is 29.8 Å². The molecule has 86 valence electrons. The molecule has 0 saturated heterocycles. The standard InChI is InChI=1S/C15H16N2/c1-11-4-5-13-9-14(7-6-12(13)8-11)17-15(2,3)10-16/h4-9,17H,1-3H3. The van der Waals surface area contributed by atoms with Gasteiger partial charge in [0.25, 0.3) is 0 Å². The Morgan fingerprint density at radius 3 is 2.41 bits per heavy atom. The fourth-order valence-corrected chi connectivity index (χ4v) is 1.83. The molecule has 0 bridgehead atoms. The minimum atomic E-state index is -0.543. The summed E-state index contributed by atoms with van der Waals surface area (Å²) >= 11 is 0. The largest absolute Gasteiger partial charge is 0.368 e. The van der Waals surface area contributed by atoms with Crippen LogP contribution in [0.5, 0.6) is 0 Å². The number of rotatable bonds is 2. The number of hydrogen-bond donors (Lipinski definition) is 1. The minimum Gasteiger partial charge on any atom is -0.368 e. The Kier molecular flexibility index (Phi) is 2.77. The Morgan fingerprint density at radius 2 is 1.71 bits per heavy atom. The van der Waals surface area contributed by atoms with Crippen LogP contribution in [-0.2, 0) is 0 Å². The highest BCUT2D eigenvalue weighted by Crippen LogP contribution is 2.22. The zero-order chi connectivity index (χ0) is 12.5. The zero-order valence-corrected chi connectivity index (χ0v) is 10.4. The van der Waals surface area contributed by atoms with E-state index in [1.807, 2.05) is 19.9 Å². The predicted molar refractivity (Wildman–Crippen MR) is 72.0 cm³/mol. The Hall–Kier alpha value is -2.01. The molecule has 17 heavy (non-hydrogen) atoms. The van der Waals surface area contributed by atoms with Gasteiger partial charge in [0.15, 0.2) is 0 Å². The third kappa shape index (κ3) is 2.57. The van der Waals surface area contributed by atoms with Gasteiger partial charge in [0.1, 0.15) is 5.54 Å². The molecule has 0 fully saturated rings. The Labute approximate surface area is 102 Å². The third-order valence-corrected chi connectivity index (χ3v) is 2.73. The summed E-state index contributed by atoms with van der Waals surface area (Å²) < 4.78 is 0. The number of fused-ring (bicyclic) bond motifs is 1. The highest BCUT2D eigenvalue weighted by atomic mass is 15.0. The molecule has 0 aromatic heterocycles. The van der Waals surface area contributed by atoms with Crippen LogP contribution < -0.4 is 5.32 Å². The van der Waals surface area contributed by atoms with Crippen LogP contribution in [0, 0.1) is 18.3 Å². The molecule has 1 N–H and O–H groups in total. The second kappa shape index (κ2) is 4.10. The van der Waals surface area contributed by atoms with Gasteiger partial charge in [-0.05, 0) is 43.7 Å². The van der Waals surface area contributed by atoms with E-state index in [-0.39, 0.29) is 0 Å². The van der Waals surface area contributed by atoms with Crippen molar-refractivity contribution in [1.29, 1.82) is 5.26 Å². The van der Waals surface area contributed by atoms with Gasteiger partial charge in [0, 0.05) is 5.69 Å². The second-order valence-electron chi connectivity index (χ2n) is 4.93. The summed E-state index contributed by atoms with van der Waals surface area (Å²) in [6, 6.07) is 14.8. The maximum atomic E-state index is 8.99. The average molecular weight is 224 g/mol. The monoisotopic (exact) mass is 224 g/mol. The normalized spacial score (nSPS) is 11.2. The van der Waals surface area contributed by atoms with Crippen LogP contribution in [0.4, 0.5) is 5.69 Å². The molecule has 2 aromatic carbocycles. The van der Waals surface area contributed by atoms with E-state index in [4.69, 9.17) is 5.26 Å². The summed E-state index contributed by atoms with van der Waals surface area (Å²) in [6.07, 6.45) is 0. The SMILES string of the molecule is Cc1ccc2cc(NC(C)(C)C#N)ccc2c1. The molecule has 0 unspecified atom stereocenters. The summed E-state index contributed by atoms with van der Waals surface area (Å²) in [4.78, 5) is 0. The lowest BCUT2D eigenvalue weighted by Gasteiger charge is -2.19. The maximum Gasteiger partial charge on any atom is 0.119 e. The topological polar surface area (TPSA) is 35.8 Å². The molecular formula is C15H16N2. The molecule has 2 nitrogen and oxygen atoms in total. The van der Waals surface area contributed by atoms with Crippen molar-refractivity contribution in [2.45, 2.75) is 26.3 Å². The molecule has 0 saturated carbocycles. The fraction of sp³-hybridized carbons (Fsp3) is 0.267. The molecular weight excluding hydrogens is 208 g/mol. The lowest BCUT2D eigenvalue weighted by Crippen LogP contribution is -2.28. The van der Waals surface area contributed by atoms with Crippen molar-refractivity contribution >= 4 is 16.5 Å². The van der Waals surface area contributed by atoms with E-state index in [1.54, 1.807) is 0 Å². The van der Waals surface area contributed by atoms with Crippen LogP contribution in [-0.4, -0.2) is 5.54 Å². The van der Waals surface area contributed by atoms with Crippen molar-refractivity contribution < 1.29 is 0 Å². The van der Waals surface area contributed by atoms with Crippen molar-refractivity contribution in [2.75, 3.05) is 5.32 Å². The van der Waals surface area contributed by atoms with Crippen LogP contribution in [0.3, 0.4) is 0 Å². The van der Waals surface area contributed by atoms with Gasteiger partial charge in [-0.3, -0.25) is 0 Å². The molecule has 0 amide bonds. The lowest BCUT2D eigenvalue weighted by atomic mass is 10.0. The number of nitrogens with zero attached hydrogens (tertiary/aromatic N) is 1. The van der Waals surface area contributed by atoms with E-state index in [0.717, 1.165) is 5.69 Å². The smallest absolute Gasteiger partial charge is 0.119 e. The number of aryl methyl sites for hydroxylation is 1. The van der Waals surface area contributed by atoms with E-state index in [2.05, 4.69) is 48.6 Å². The molecule has 0 heterocycles. The average Bonchev–Trinajstić information content (AvgIpc) is 2.29.